The normalized spacial score (nSPS) is 15.8. The molecule has 25 heavy (non-hydrogen) atoms. The van der Waals surface area contributed by atoms with E-state index in [1.807, 2.05) is 18.2 Å². The van der Waals surface area contributed by atoms with Crippen LogP contribution in [-0.2, 0) is 4.79 Å². The third-order valence-electron chi connectivity index (χ3n) is 3.53. The zero-order chi connectivity index (χ0) is 18.0. The Kier molecular flexibility index (Phi) is 5.22. The summed E-state index contributed by atoms with van der Waals surface area (Å²) in [6.45, 7) is 0. The van der Waals surface area contributed by atoms with Crippen LogP contribution in [0.1, 0.15) is 15.9 Å². The van der Waals surface area contributed by atoms with Gasteiger partial charge in [-0.1, -0.05) is 65.9 Å². The SMILES string of the molecule is COc1ccccc1/C=C1/SC(=S)N(C(=O)c2ccccc2Cl)C1=O. The van der Waals surface area contributed by atoms with Crippen LogP contribution >= 0.6 is 35.6 Å². The highest BCUT2D eigenvalue weighted by Gasteiger charge is 2.38. The van der Waals surface area contributed by atoms with Crippen molar-refractivity contribution in [2.45, 2.75) is 0 Å². The van der Waals surface area contributed by atoms with E-state index in [2.05, 4.69) is 0 Å². The van der Waals surface area contributed by atoms with Crippen molar-refractivity contribution in [3.63, 3.8) is 0 Å². The first kappa shape index (κ1) is 17.7. The number of thioether (sulfide) groups is 1. The summed E-state index contributed by atoms with van der Waals surface area (Å²) in [7, 11) is 1.55. The Hall–Kier alpha value is -2.15. The smallest absolute Gasteiger partial charge is 0.273 e. The van der Waals surface area contributed by atoms with E-state index in [0.717, 1.165) is 22.2 Å². The highest BCUT2D eigenvalue weighted by molar-refractivity contribution is 8.26. The Morgan fingerprint density at radius 2 is 1.88 bits per heavy atom. The van der Waals surface area contributed by atoms with Gasteiger partial charge in [-0.2, -0.15) is 0 Å². The maximum absolute atomic E-state index is 12.7. The van der Waals surface area contributed by atoms with E-state index in [0.29, 0.717) is 10.7 Å². The molecule has 2 amide bonds. The van der Waals surface area contributed by atoms with Crippen LogP contribution in [0.5, 0.6) is 5.75 Å². The summed E-state index contributed by atoms with van der Waals surface area (Å²) in [5, 5.41) is 0.273. The quantitative estimate of drug-likeness (QED) is 0.442. The Morgan fingerprint density at radius 3 is 2.60 bits per heavy atom. The number of para-hydroxylation sites is 1. The number of benzene rings is 2. The molecule has 0 atom stereocenters. The number of thiocarbonyl (C=S) groups is 1. The predicted molar refractivity (Wildman–Crippen MR) is 104 cm³/mol. The molecule has 0 unspecified atom stereocenters. The predicted octanol–water partition coefficient (Wildman–Crippen LogP) is 4.39. The fraction of sp³-hybridized carbons (Fsp3) is 0.0556. The first-order valence-electron chi connectivity index (χ1n) is 7.22. The molecule has 2 aromatic carbocycles. The van der Waals surface area contributed by atoms with E-state index in [1.54, 1.807) is 43.5 Å². The molecule has 0 aromatic heterocycles. The van der Waals surface area contributed by atoms with Gasteiger partial charge in [0.05, 0.1) is 22.6 Å². The molecule has 1 fully saturated rings. The number of hydrogen-bond donors (Lipinski definition) is 0. The number of amides is 2. The number of methoxy groups -OCH3 is 1. The fourth-order valence-electron chi connectivity index (χ4n) is 2.32. The van der Waals surface area contributed by atoms with Gasteiger partial charge < -0.3 is 4.74 Å². The summed E-state index contributed by atoms with van der Waals surface area (Å²) >= 11 is 12.4. The summed E-state index contributed by atoms with van der Waals surface area (Å²) in [5.41, 5.74) is 0.967. The maximum Gasteiger partial charge on any atom is 0.273 e. The van der Waals surface area contributed by atoms with Crippen molar-refractivity contribution in [2.24, 2.45) is 0 Å². The number of carbonyl (C=O) groups excluding carboxylic acids is 2. The Morgan fingerprint density at radius 1 is 1.20 bits per heavy atom. The fourth-order valence-corrected chi connectivity index (χ4v) is 3.79. The molecule has 3 rings (SSSR count). The second-order valence-electron chi connectivity index (χ2n) is 5.04. The van der Waals surface area contributed by atoms with Crippen LogP contribution in [0.15, 0.2) is 53.4 Å². The van der Waals surface area contributed by atoms with Gasteiger partial charge in [-0.3, -0.25) is 9.59 Å². The van der Waals surface area contributed by atoms with Crippen molar-refractivity contribution < 1.29 is 14.3 Å². The number of imide groups is 1. The van der Waals surface area contributed by atoms with E-state index < -0.39 is 11.8 Å². The Balaban J connectivity index is 1.94. The molecule has 0 saturated carbocycles. The van der Waals surface area contributed by atoms with Crippen LogP contribution in [0.2, 0.25) is 5.02 Å². The molecule has 7 heteroatoms. The van der Waals surface area contributed by atoms with Crippen LogP contribution in [0.4, 0.5) is 0 Å². The third kappa shape index (κ3) is 3.46. The number of hydrogen-bond acceptors (Lipinski definition) is 5. The molecule has 1 saturated heterocycles. The van der Waals surface area contributed by atoms with E-state index in [-0.39, 0.29) is 14.9 Å². The number of carbonyl (C=O) groups is 2. The number of rotatable bonds is 3. The second-order valence-corrected chi connectivity index (χ2v) is 7.13. The molecule has 0 aliphatic carbocycles. The van der Waals surface area contributed by atoms with Crippen molar-refractivity contribution in [3.8, 4) is 5.75 Å². The molecule has 0 bridgehead atoms. The van der Waals surface area contributed by atoms with Crippen LogP contribution in [0.25, 0.3) is 6.08 Å². The Labute approximate surface area is 159 Å². The van der Waals surface area contributed by atoms with Crippen LogP contribution in [-0.4, -0.2) is 28.1 Å². The first-order chi connectivity index (χ1) is 12.0. The molecule has 0 spiro atoms. The third-order valence-corrected chi connectivity index (χ3v) is 5.16. The minimum absolute atomic E-state index is 0.177. The van der Waals surface area contributed by atoms with Gasteiger partial charge in [-0.05, 0) is 24.3 Å². The summed E-state index contributed by atoms with van der Waals surface area (Å²) in [5.74, 6) is -0.368. The van der Waals surface area contributed by atoms with Gasteiger partial charge in [-0.25, -0.2) is 4.90 Å². The van der Waals surface area contributed by atoms with Crippen LogP contribution in [0, 0.1) is 0 Å². The van der Waals surface area contributed by atoms with Crippen LogP contribution < -0.4 is 4.74 Å². The topological polar surface area (TPSA) is 46.6 Å². The van der Waals surface area contributed by atoms with Crippen molar-refractivity contribution in [1.29, 1.82) is 0 Å². The molecule has 2 aromatic rings. The van der Waals surface area contributed by atoms with Crippen molar-refractivity contribution in [1.82, 2.24) is 4.90 Å². The van der Waals surface area contributed by atoms with Gasteiger partial charge in [0.25, 0.3) is 11.8 Å². The molecule has 1 aliphatic heterocycles. The van der Waals surface area contributed by atoms with E-state index in [4.69, 9.17) is 28.6 Å². The maximum atomic E-state index is 12.7. The first-order valence-corrected chi connectivity index (χ1v) is 8.83. The summed E-state index contributed by atoms with van der Waals surface area (Å²) in [6.07, 6.45) is 1.66. The lowest BCUT2D eigenvalue weighted by Gasteiger charge is -2.13. The zero-order valence-electron chi connectivity index (χ0n) is 13.1. The van der Waals surface area contributed by atoms with E-state index >= 15 is 0 Å². The van der Waals surface area contributed by atoms with E-state index in [1.165, 1.54) is 0 Å². The molecule has 1 aliphatic rings. The number of halogens is 1. The lowest BCUT2D eigenvalue weighted by atomic mass is 10.1. The van der Waals surface area contributed by atoms with Gasteiger partial charge >= 0.3 is 0 Å². The second kappa shape index (κ2) is 7.39. The monoisotopic (exact) mass is 389 g/mol. The van der Waals surface area contributed by atoms with E-state index in [9.17, 15) is 9.59 Å². The summed E-state index contributed by atoms with van der Waals surface area (Å²) < 4.78 is 5.46. The molecule has 0 N–H and O–H groups in total. The van der Waals surface area contributed by atoms with Crippen molar-refractivity contribution in [3.05, 3.63) is 69.6 Å². The van der Waals surface area contributed by atoms with Crippen molar-refractivity contribution >= 4 is 57.8 Å². The lowest BCUT2D eigenvalue weighted by molar-refractivity contribution is -0.120. The number of ether oxygens (including phenoxy) is 1. The minimum Gasteiger partial charge on any atom is -0.496 e. The molecule has 0 radical (unpaired) electrons. The van der Waals surface area contributed by atoms with Crippen LogP contribution in [0.3, 0.4) is 0 Å². The summed E-state index contributed by atoms with van der Waals surface area (Å²) in [4.78, 5) is 26.7. The zero-order valence-corrected chi connectivity index (χ0v) is 15.5. The molecule has 4 nitrogen and oxygen atoms in total. The van der Waals surface area contributed by atoms with Crippen molar-refractivity contribution in [2.75, 3.05) is 7.11 Å². The average Bonchev–Trinajstić information content (AvgIpc) is 2.89. The Bertz CT molecular complexity index is 911. The summed E-state index contributed by atoms with van der Waals surface area (Å²) in [6, 6.07) is 13.8. The molecule has 126 valence electrons. The van der Waals surface area contributed by atoms with Gasteiger partial charge in [-0.15, -0.1) is 0 Å². The highest BCUT2D eigenvalue weighted by atomic mass is 35.5. The largest absolute Gasteiger partial charge is 0.496 e. The van der Waals surface area contributed by atoms with Gasteiger partial charge in [0, 0.05) is 5.56 Å². The molecular weight excluding hydrogens is 378 g/mol. The van der Waals surface area contributed by atoms with Gasteiger partial charge in [0.15, 0.2) is 4.32 Å². The lowest BCUT2D eigenvalue weighted by Crippen LogP contribution is -2.34. The molecule has 1 heterocycles. The molecular formula is C18H12ClNO3S2. The standard InChI is InChI=1S/C18H12ClNO3S2/c1-23-14-9-5-2-6-11(14)10-15-17(22)20(18(24)25-15)16(21)12-7-3-4-8-13(12)19/h2-10H,1H3/b15-10+. The van der Waals surface area contributed by atoms with Gasteiger partial charge in [0.2, 0.25) is 0 Å². The minimum atomic E-state index is -0.531. The van der Waals surface area contributed by atoms with Gasteiger partial charge in [0.1, 0.15) is 5.75 Å². The number of nitrogens with zero attached hydrogens (tertiary/aromatic N) is 1. The highest BCUT2D eigenvalue weighted by Crippen LogP contribution is 2.35. The average molecular weight is 390 g/mol.